The van der Waals surface area contributed by atoms with Crippen LogP contribution in [0.25, 0.3) is 10.9 Å². The van der Waals surface area contributed by atoms with Gasteiger partial charge in [0.05, 0.1) is 30.0 Å². The van der Waals surface area contributed by atoms with Crippen LogP contribution in [0.4, 0.5) is 0 Å². The fourth-order valence-electron chi connectivity index (χ4n) is 2.55. The van der Waals surface area contributed by atoms with Gasteiger partial charge in [-0.25, -0.2) is 4.68 Å². The molecule has 3 rings (SSSR count). The summed E-state index contributed by atoms with van der Waals surface area (Å²) in [5.41, 5.74) is 10.4. The number of aryl methyl sites for hydroxylation is 1. The zero-order valence-electron chi connectivity index (χ0n) is 14.1. The quantitative estimate of drug-likeness (QED) is 0.806. The monoisotopic (exact) mass is 309 g/mol. The number of nitrogens with zero attached hydrogens (tertiary/aromatic N) is 4. The van der Waals surface area contributed by atoms with E-state index < -0.39 is 0 Å². The van der Waals surface area contributed by atoms with E-state index in [4.69, 9.17) is 5.73 Å². The molecule has 2 heterocycles. The van der Waals surface area contributed by atoms with E-state index in [0.29, 0.717) is 6.54 Å². The number of pyridine rings is 1. The second-order valence-corrected chi connectivity index (χ2v) is 7.22. The van der Waals surface area contributed by atoms with Gasteiger partial charge in [-0.15, -0.1) is 5.10 Å². The van der Waals surface area contributed by atoms with Crippen LogP contribution >= 0.6 is 0 Å². The molecule has 5 nitrogen and oxygen atoms in total. The second kappa shape index (κ2) is 5.74. The lowest BCUT2D eigenvalue weighted by molar-refractivity contribution is 0.321. The molecule has 23 heavy (non-hydrogen) atoms. The van der Waals surface area contributed by atoms with E-state index in [1.807, 2.05) is 23.1 Å². The fourth-order valence-corrected chi connectivity index (χ4v) is 2.55. The maximum Gasteiger partial charge on any atom is 0.0999 e. The van der Waals surface area contributed by atoms with Crippen molar-refractivity contribution < 1.29 is 0 Å². The van der Waals surface area contributed by atoms with Crippen molar-refractivity contribution >= 4 is 10.9 Å². The van der Waals surface area contributed by atoms with Crippen molar-refractivity contribution in [2.24, 2.45) is 11.1 Å². The van der Waals surface area contributed by atoms with Crippen molar-refractivity contribution in [2.45, 2.75) is 40.3 Å². The third kappa shape index (κ3) is 3.40. The molecule has 0 amide bonds. The van der Waals surface area contributed by atoms with Gasteiger partial charge in [-0.3, -0.25) is 4.98 Å². The Hall–Kier alpha value is -2.27. The minimum absolute atomic E-state index is 0.0388. The largest absolute Gasteiger partial charge is 0.322 e. The van der Waals surface area contributed by atoms with E-state index in [9.17, 15) is 0 Å². The van der Waals surface area contributed by atoms with E-state index in [1.54, 1.807) is 0 Å². The van der Waals surface area contributed by atoms with Crippen molar-refractivity contribution in [3.05, 3.63) is 53.5 Å². The number of aromatic nitrogens is 4. The second-order valence-electron chi connectivity index (χ2n) is 7.22. The maximum absolute atomic E-state index is 6.24. The third-order valence-electron chi connectivity index (χ3n) is 4.05. The molecule has 0 saturated carbocycles. The molecule has 0 bridgehead atoms. The van der Waals surface area contributed by atoms with Gasteiger partial charge in [-0.2, -0.15) is 0 Å². The molecule has 0 saturated heterocycles. The summed E-state index contributed by atoms with van der Waals surface area (Å²) in [5, 5.41) is 9.57. The smallest absolute Gasteiger partial charge is 0.0999 e. The molecule has 2 N–H and O–H groups in total. The maximum atomic E-state index is 6.24. The first-order valence-corrected chi connectivity index (χ1v) is 7.84. The lowest BCUT2D eigenvalue weighted by Gasteiger charge is -2.24. The summed E-state index contributed by atoms with van der Waals surface area (Å²) in [5.74, 6) is 0. The van der Waals surface area contributed by atoms with Crippen molar-refractivity contribution in [2.75, 3.05) is 0 Å². The van der Waals surface area contributed by atoms with E-state index in [2.05, 4.69) is 61.2 Å². The SMILES string of the molecule is Cc1ccc2ncc(Cn3cc(C(N)C(C)(C)C)nn3)cc2c1. The first kappa shape index (κ1) is 15.6. The van der Waals surface area contributed by atoms with Gasteiger partial charge in [0.2, 0.25) is 0 Å². The standard InChI is InChI=1S/C18H23N5/c1-12-5-6-15-14(7-12)8-13(9-20-15)10-23-11-16(21-22-23)17(19)18(2,3)4/h5-9,11,17H,10,19H2,1-4H3. The Balaban J connectivity index is 1.84. The summed E-state index contributed by atoms with van der Waals surface area (Å²) in [7, 11) is 0. The number of benzene rings is 1. The first-order chi connectivity index (χ1) is 10.8. The Labute approximate surface area is 136 Å². The number of nitrogens with two attached hydrogens (primary N) is 1. The van der Waals surface area contributed by atoms with E-state index in [-0.39, 0.29) is 11.5 Å². The highest BCUT2D eigenvalue weighted by atomic mass is 15.4. The van der Waals surface area contributed by atoms with Crippen LogP contribution in [0.3, 0.4) is 0 Å². The van der Waals surface area contributed by atoms with Crippen molar-refractivity contribution in [3.63, 3.8) is 0 Å². The fraction of sp³-hybridized carbons (Fsp3) is 0.389. The highest BCUT2D eigenvalue weighted by molar-refractivity contribution is 5.79. The Morgan fingerprint density at radius 3 is 2.74 bits per heavy atom. The Morgan fingerprint density at radius 2 is 2.00 bits per heavy atom. The molecule has 0 fully saturated rings. The van der Waals surface area contributed by atoms with Gasteiger partial charge >= 0.3 is 0 Å². The normalized spacial score (nSPS) is 13.4. The van der Waals surface area contributed by atoms with Crippen LogP contribution in [0.1, 0.15) is 43.6 Å². The van der Waals surface area contributed by atoms with Crippen LogP contribution in [0.15, 0.2) is 36.7 Å². The Kier molecular flexibility index (Phi) is 3.90. The van der Waals surface area contributed by atoms with Crippen molar-refractivity contribution in [1.29, 1.82) is 0 Å². The van der Waals surface area contributed by atoms with Crippen LogP contribution in [-0.4, -0.2) is 20.0 Å². The number of hydrogen-bond acceptors (Lipinski definition) is 4. The molecule has 5 heteroatoms. The number of hydrogen-bond donors (Lipinski definition) is 1. The minimum atomic E-state index is -0.131. The molecule has 0 spiro atoms. The average molecular weight is 309 g/mol. The predicted octanol–water partition coefficient (Wildman–Crippen LogP) is 3.23. The molecule has 1 atom stereocenters. The molecule has 0 radical (unpaired) electrons. The number of fused-ring (bicyclic) bond motifs is 1. The molecule has 2 aromatic heterocycles. The van der Waals surface area contributed by atoms with E-state index in [1.165, 1.54) is 5.56 Å². The van der Waals surface area contributed by atoms with Crippen LogP contribution in [0, 0.1) is 12.3 Å². The molecule has 1 aromatic carbocycles. The van der Waals surface area contributed by atoms with E-state index in [0.717, 1.165) is 22.2 Å². The van der Waals surface area contributed by atoms with Gasteiger partial charge in [0.15, 0.2) is 0 Å². The van der Waals surface area contributed by atoms with Crippen LogP contribution in [-0.2, 0) is 6.54 Å². The van der Waals surface area contributed by atoms with Gasteiger partial charge in [-0.1, -0.05) is 37.6 Å². The summed E-state index contributed by atoms with van der Waals surface area (Å²) in [6, 6.07) is 8.29. The zero-order chi connectivity index (χ0) is 16.6. The number of rotatable bonds is 3. The highest BCUT2D eigenvalue weighted by Crippen LogP contribution is 2.28. The molecular formula is C18H23N5. The van der Waals surface area contributed by atoms with Crippen molar-refractivity contribution in [1.82, 2.24) is 20.0 Å². The van der Waals surface area contributed by atoms with Gasteiger partial charge in [0.25, 0.3) is 0 Å². The summed E-state index contributed by atoms with van der Waals surface area (Å²) < 4.78 is 1.82. The Morgan fingerprint density at radius 1 is 1.22 bits per heavy atom. The molecular weight excluding hydrogens is 286 g/mol. The molecule has 0 aliphatic rings. The minimum Gasteiger partial charge on any atom is -0.322 e. The van der Waals surface area contributed by atoms with Crippen LogP contribution < -0.4 is 5.73 Å². The van der Waals surface area contributed by atoms with Crippen molar-refractivity contribution in [3.8, 4) is 0 Å². The molecule has 1 unspecified atom stereocenters. The highest BCUT2D eigenvalue weighted by Gasteiger charge is 2.24. The molecule has 3 aromatic rings. The average Bonchev–Trinajstić information content (AvgIpc) is 2.93. The van der Waals surface area contributed by atoms with Gasteiger partial charge in [-0.05, 0) is 36.1 Å². The van der Waals surface area contributed by atoms with Crippen LogP contribution in [0.2, 0.25) is 0 Å². The van der Waals surface area contributed by atoms with Gasteiger partial charge in [0.1, 0.15) is 0 Å². The lowest BCUT2D eigenvalue weighted by Crippen LogP contribution is -2.26. The Bertz CT molecular complexity index is 829. The topological polar surface area (TPSA) is 69.6 Å². The summed E-state index contributed by atoms with van der Waals surface area (Å²) in [4.78, 5) is 4.51. The van der Waals surface area contributed by atoms with Crippen LogP contribution in [0.5, 0.6) is 0 Å². The summed E-state index contributed by atoms with van der Waals surface area (Å²) in [6.07, 6.45) is 3.82. The summed E-state index contributed by atoms with van der Waals surface area (Å²) >= 11 is 0. The third-order valence-corrected chi connectivity index (χ3v) is 4.05. The van der Waals surface area contributed by atoms with Gasteiger partial charge in [0, 0.05) is 11.6 Å². The summed E-state index contributed by atoms with van der Waals surface area (Å²) in [6.45, 7) is 9.04. The zero-order valence-corrected chi connectivity index (χ0v) is 14.1. The molecule has 120 valence electrons. The molecule has 0 aliphatic heterocycles. The lowest BCUT2D eigenvalue weighted by atomic mass is 9.86. The van der Waals surface area contributed by atoms with Gasteiger partial charge < -0.3 is 5.73 Å². The molecule has 0 aliphatic carbocycles. The predicted molar refractivity (Wildman–Crippen MR) is 92.0 cm³/mol. The van der Waals surface area contributed by atoms with E-state index >= 15 is 0 Å². The first-order valence-electron chi connectivity index (χ1n) is 7.84.